The summed E-state index contributed by atoms with van der Waals surface area (Å²) in [6.07, 6.45) is -4.52. The van der Waals surface area contributed by atoms with Gasteiger partial charge >= 0.3 is 6.18 Å². The Hall–Kier alpha value is -2.75. The molecule has 29 heavy (non-hydrogen) atoms. The maximum absolute atomic E-state index is 12.9. The third-order valence-electron chi connectivity index (χ3n) is 3.80. The van der Waals surface area contributed by atoms with Crippen molar-refractivity contribution in [3.63, 3.8) is 0 Å². The summed E-state index contributed by atoms with van der Waals surface area (Å²) in [5, 5.41) is 7.63. The molecule has 3 N–H and O–H groups in total. The fourth-order valence-electron chi connectivity index (χ4n) is 2.39. The van der Waals surface area contributed by atoms with E-state index in [0.717, 1.165) is 11.6 Å². The molecule has 0 atom stereocenters. The Morgan fingerprint density at radius 2 is 1.79 bits per heavy atom. The standard InChI is InChI=1S/C19H19BrF3N3O3/c1-11-3-6-16(29-2)15(7-11)26-18(28)10-25-17(27)9-24-12-4-5-14(20)13(8-12)19(21,22)23/h3-8,24H,9-10H2,1-2H3,(H,25,27)(H,26,28). The van der Waals surface area contributed by atoms with Gasteiger partial charge in [-0.05, 0) is 42.8 Å². The molecule has 10 heteroatoms. The third-order valence-corrected chi connectivity index (χ3v) is 4.49. The highest BCUT2D eigenvalue weighted by molar-refractivity contribution is 9.10. The molecule has 0 radical (unpaired) electrons. The zero-order valence-corrected chi connectivity index (χ0v) is 17.2. The van der Waals surface area contributed by atoms with E-state index in [-0.39, 0.29) is 23.2 Å². The quantitative estimate of drug-likeness (QED) is 0.568. The van der Waals surface area contributed by atoms with Crippen LogP contribution in [0, 0.1) is 6.92 Å². The van der Waals surface area contributed by atoms with Crippen LogP contribution in [0.25, 0.3) is 0 Å². The van der Waals surface area contributed by atoms with Gasteiger partial charge in [0.25, 0.3) is 0 Å². The van der Waals surface area contributed by atoms with Gasteiger partial charge < -0.3 is 20.7 Å². The average molecular weight is 474 g/mol. The number of ether oxygens (including phenoxy) is 1. The van der Waals surface area contributed by atoms with E-state index < -0.39 is 23.6 Å². The number of aryl methyl sites for hydroxylation is 1. The van der Waals surface area contributed by atoms with Crippen LogP contribution in [0.15, 0.2) is 40.9 Å². The van der Waals surface area contributed by atoms with E-state index in [1.807, 2.05) is 13.0 Å². The monoisotopic (exact) mass is 473 g/mol. The summed E-state index contributed by atoms with van der Waals surface area (Å²) in [7, 11) is 1.47. The van der Waals surface area contributed by atoms with Crippen LogP contribution in [0.2, 0.25) is 0 Å². The molecule has 0 aromatic heterocycles. The van der Waals surface area contributed by atoms with Crippen LogP contribution in [0.3, 0.4) is 0 Å². The summed E-state index contributed by atoms with van der Waals surface area (Å²) in [5.41, 5.74) is 0.667. The molecule has 2 amide bonds. The highest BCUT2D eigenvalue weighted by Gasteiger charge is 2.33. The molecule has 0 heterocycles. The van der Waals surface area contributed by atoms with Crippen LogP contribution in [0.5, 0.6) is 5.75 Å². The van der Waals surface area contributed by atoms with Gasteiger partial charge in [0.1, 0.15) is 5.75 Å². The number of halogens is 4. The third kappa shape index (κ3) is 6.67. The Morgan fingerprint density at radius 1 is 1.07 bits per heavy atom. The fourth-order valence-corrected chi connectivity index (χ4v) is 2.86. The first-order valence-corrected chi connectivity index (χ1v) is 9.21. The number of hydrogen-bond acceptors (Lipinski definition) is 4. The number of hydrogen-bond donors (Lipinski definition) is 3. The Kier molecular flexibility index (Phi) is 7.49. The smallest absolute Gasteiger partial charge is 0.417 e. The predicted molar refractivity (Wildman–Crippen MR) is 107 cm³/mol. The van der Waals surface area contributed by atoms with Crippen molar-refractivity contribution in [2.24, 2.45) is 0 Å². The molecule has 0 aliphatic rings. The largest absolute Gasteiger partial charge is 0.495 e. The maximum Gasteiger partial charge on any atom is 0.417 e. The summed E-state index contributed by atoms with van der Waals surface area (Å²) >= 11 is 2.85. The predicted octanol–water partition coefficient (Wildman–Crippen LogP) is 3.95. The number of carbonyl (C=O) groups excluding carboxylic acids is 2. The molecule has 6 nitrogen and oxygen atoms in total. The SMILES string of the molecule is COc1ccc(C)cc1NC(=O)CNC(=O)CNc1ccc(Br)c(C(F)(F)F)c1. The van der Waals surface area contributed by atoms with E-state index in [4.69, 9.17) is 4.74 Å². The van der Waals surface area contributed by atoms with Gasteiger partial charge in [0, 0.05) is 10.2 Å². The fraction of sp³-hybridized carbons (Fsp3) is 0.263. The van der Waals surface area contributed by atoms with E-state index in [0.29, 0.717) is 11.4 Å². The molecule has 2 aromatic carbocycles. The molecular formula is C19H19BrF3N3O3. The number of carbonyl (C=O) groups is 2. The minimum atomic E-state index is -4.52. The summed E-state index contributed by atoms with van der Waals surface area (Å²) in [6.45, 7) is 1.26. The first kappa shape index (κ1) is 22.5. The van der Waals surface area contributed by atoms with Gasteiger partial charge in [-0.15, -0.1) is 0 Å². The Morgan fingerprint density at radius 3 is 2.45 bits per heavy atom. The molecular weight excluding hydrogens is 455 g/mol. The first-order chi connectivity index (χ1) is 13.6. The molecule has 0 spiro atoms. The summed E-state index contributed by atoms with van der Waals surface area (Å²) in [6, 6.07) is 8.81. The topological polar surface area (TPSA) is 79.5 Å². The lowest BCUT2D eigenvalue weighted by Crippen LogP contribution is -2.36. The molecule has 2 rings (SSSR count). The van der Waals surface area contributed by atoms with Crippen molar-refractivity contribution in [1.29, 1.82) is 0 Å². The van der Waals surface area contributed by atoms with Crippen molar-refractivity contribution < 1.29 is 27.5 Å². The second-order valence-corrected chi connectivity index (χ2v) is 6.93. The Labute approximate surface area is 173 Å². The zero-order chi connectivity index (χ0) is 21.6. The van der Waals surface area contributed by atoms with Crippen LogP contribution >= 0.6 is 15.9 Å². The summed E-state index contributed by atoms with van der Waals surface area (Å²) < 4.78 is 43.8. The molecule has 0 aliphatic heterocycles. The van der Waals surface area contributed by atoms with Crippen LogP contribution < -0.4 is 20.7 Å². The lowest BCUT2D eigenvalue weighted by Gasteiger charge is -2.13. The number of methoxy groups -OCH3 is 1. The number of nitrogens with one attached hydrogen (secondary N) is 3. The summed E-state index contributed by atoms with van der Waals surface area (Å²) in [5.74, 6) is -0.536. The number of benzene rings is 2. The van der Waals surface area contributed by atoms with Crippen molar-refractivity contribution in [3.05, 3.63) is 52.0 Å². The highest BCUT2D eigenvalue weighted by Crippen LogP contribution is 2.36. The number of anilines is 2. The molecule has 0 saturated carbocycles. The van der Waals surface area contributed by atoms with E-state index >= 15 is 0 Å². The second kappa shape index (κ2) is 9.64. The first-order valence-electron chi connectivity index (χ1n) is 8.42. The lowest BCUT2D eigenvalue weighted by atomic mass is 10.2. The van der Waals surface area contributed by atoms with Gasteiger partial charge in [-0.3, -0.25) is 9.59 Å². The lowest BCUT2D eigenvalue weighted by molar-refractivity contribution is -0.138. The minimum Gasteiger partial charge on any atom is -0.495 e. The Balaban J connectivity index is 1.86. The molecule has 2 aromatic rings. The minimum absolute atomic E-state index is 0.0942. The van der Waals surface area contributed by atoms with E-state index in [9.17, 15) is 22.8 Å². The maximum atomic E-state index is 12.9. The summed E-state index contributed by atoms with van der Waals surface area (Å²) in [4.78, 5) is 23.9. The van der Waals surface area contributed by atoms with Crippen LogP contribution in [0.1, 0.15) is 11.1 Å². The van der Waals surface area contributed by atoms with Crippen molar-refractivity contribution in [3.8, 4) is 5.75 Å². The van der Waals surface area contributed by atoms with E-state index in [2.05, 4.69) is 31.9 Å². The molecule has 0 fully saturated rings. The van der Waals surface area contributed by atoms with Gasteiger partial charge in [-0.1, -0.05) is 22.0 Å². The van der Waals surface area contributed by atoms with Crippen molar-refractivity contribution >= 4 is 39.1 Å². The number of amides is 2. The van der Waals surface area contributed by atoms with Crippen LogP contribution in [-0.4, -0.2) is 32.0 Å². The van der Waals surface area contributed by atoms with E-state index in [1.165, 1.54) is 19.2 Å². The van der Waals surface area contributed by atoms with Gasteiger partial charge in [-0.25, -0.2) is 0 Å². The van der Waals surface area contributed by atoms with Crippen LogP contribution in [0.4, 0.5) is 24.5 Å². The zero-order valence-electron chi connectivity index (χ0n) is 15.6. The molecule has 0 bridgehead atoms. The second-order valence-electron chi connectivity index (χ2n) is 6.07. The molecule has 0 aliphatic carbocycles. The molecule has 156 valence electrons. The molecule has 0 unspecified atom stereocenters. The number of alkyl halides is 3. The highest BCUT2D eigenvalue weighted by atomic mass is 79.9. The van der Waals surface area contributed by atoms with Gasteiger partial charge in [0.05, 0.1) is 31.5 Å². The van der Waals surface area contributed by atoms with Crippen molar-refractivity contribution in [1.82, 2.24) is 5.32 Å². The van der Waals surface area contributed by atoms with E-state index in [1.54, 1.807) is 12.1 Å². The van der Waals surface area contributed by atoms with Gasteiger partial charge in [0.15, 0.2) is 0 Å². The number of rotatable bonds is 7. The Bertz CT molecular complexity index is 904. The van der Waals surface area contributed by atoms with Crippen LogP contribution in [-0.2, 0) is 15.8 Å². The van der Waals surface area contributed by atoms with Gasteiger partial charge in [0.2, 0.25) is 11.8 Å². The van der Waals surface area contributed by atoms with Gasteiger partial charge in [-0.2, -0.15) is 13.2 Å². The van der Waals surface area contributed by atoms with Crippen molar-refractivity contribution in [2.75, 3.05) is 30.8 Å². The van der Waals surface area contributed by atoms with Crippen molar-refractivity contribution in [2.45, 2.75) is 13.1 Å². The molecule has 0 saturated heterocycles. The normalized spacial score (nSPS) is 11.0. The average Bonchev–Trinajstić information content (AvgIpc) is 2.65.